The van der Waals surface area contributed by atoms with E-state index in [1.54, 1.807) is 26.2 Å². The number of aromatic nitrogens is 6. The number of rotatable bonds is 6. The van der Waals surface area contributed by atoms with Gasteiger partial charge in [0.25, 0.3) is 17.4 Å². The average molecular weight is 455 g/mol. The lowest BCUT2D eigenvalue weighted by atomic mass is 10.3. The predicted octanol–water partition coefficient (Wildman–Crippen LogP) is 1.38. The second-order valence-electron chi connectivity index (χ2n) is 7.60. The van der Waals surface area contributed by atoms with E-state index in [1.165, 1.54) is 33.9 Å². The van der Waals surface area contributed by atoms with Gasteiger partial charge in [-0.25, -0.2) is 13.9 Å². The molecule has 13 heteroatoms. The van der Waals surface area contributed by atoms with E-state index >= 15 is 0 Å². The Kier molecular flexibility index (Phi) is 4.80. The smallest absolute Gasteiger partial charge is 0.278 e. The first kappa shape index (κ1) is 20.6. The van der Waals surface area contributed by atoms with Crippen LogP contribution in [0.4, 0.5) is 26.0 Å². The van der Waals surface area contributed by atoms with Crippen molar-refractivity contribution in [2.45, 2.75) is 18.6 Å². The lowest BCUT2D eigenvalue weighted by molar-refractivity contribution is 0.0940. The van der Waals surface area contributed by atoms with Gasteiger partial charge in [0.15, 0.2) is 17.2 Å². The van der Waals surface area contributed by atoms with E-state index in [4.69, 9.17) is 0 Å². The molecule has 170 valence electrons. The number of amides is 1. The third-order valence-electron chi connectivity index (χ3n) is 5.23. The third-order valence-corrected chi connectivity index (χ3v) is 5.23. The van der Waals surface area contributed by atoms with Crippen molar-refractivity contribution in [1.29, 1.82) is 0 Å². The highest BCUT2D eigenvalue weighted by Crippen LogP contribution is 2.26. The van der Waals surface area contributed by atoms with Crippen molar-refractivity contribution in [2.24, 2.45) is 7.05 Å². The minimum atomic E-state index is -1.05. The first-order chi connectivity index (χ1) is 15.9. The maximum atomic E-state index is 14.1. The zero-order valence-electron chi connectivity index (χ0n) is 17.6. The zero-order valence-corrected chi connectivity index (χ0v) is 17.6. The Bertz CT molecular complexity index is 1440. The third kappa shape index (κ3) is 3.66. The van der Waals surface area contributed by atoms with Crippen LogP contribution < -0.4 is 21.5 Å². The molecule has 4 aromatic rings. The van der Waals surface area contributed by atoms with Crippen molar-refractivity contribution >= 4 is 28.7 Å². The SMILES string of the molecule is CNc1cc(Nc2cccn(-c3cn(C)nc3F)c2=O)nn2c(C(=O)N[C@@H]3C[C@@H]3F)cnc12. The van der Waals surface area contributed by atoms with Gasteiger partial charge >= 0.3 is 0 Å². The van der Waals surface area contributed by atoms with Crippen LogP contribution in [0.3, 0.4) is 0 Å². The number of hydrogen-bond donors (Lipinski definition) is 3. The second kappa shape index (κ2) is 7.69. The number of anilines is 3. The topological polar surface area (TPSA) is 123 Å². The van der Waals surface area contributed by atoms with Crippen molar-refractivity contribution in [3.8, 4) is 5.69 Å². The molecule has 1 aliphatic carbocycles. The molecule has 0 bridgehead atoms. The summed E-state index contributed by atoms with van der Waals surface area (Å²) < 4.78 is 31.0. The van der Waals surface area contributed by atoms with Crippen LogP contribution in [-0.4, -0.2) is 54.1 Å². The highest BCUT2D eigenvalue weighted by Gasteiger charge is 2.39. The van der Waals surface area contributed by atoms with Crippen LogP contribution in [0.15, 0.2) is 41.6 Å². The number of imidazole rings is 1. The minimum Gasteiger partial charge on any atom is -0.385 e. The molecule has 1 fully saturated rings. The summed E-state index contributed by atoms with van der Waals surface area (Å²) in [6.45, 7) is 0. The normalized spacial score (nSPS) is 17.2. The number of carbonyl (C=O) groups is 1. The second-order valence-corrected chi connectivity index (χ2v) is 7.60. The number of nitrogens with one attached hydrogen (secondary N) is 3. The molecule has 0 radical (unpaired) electrons. The Morgan fingerprint density at radius 1 is 1.27 bits per heavy atom. The number of fused-ring (bicyclic) bond motifs is 1. The van der Waals surface area contributed by atoms with Crippen LogP contribution in [0.1, 0.15) is 16.9 Å². The molecule has 0 unspecified atom stereocenters. The quantitative estimate of drug-likeness (QED) is 0.401. The summed E-state index contributed by atoms with van der Waals surface area (Å²) >= 11 is 0. The van der Waals surface area contributed by atoms with Gasteiger partial charge in [0.05, 0.1) is 24.1 Å². The van der Waals surface area contributed by atoms with Gasteiger partial charge in [-0.3, -0.25) is 18.8 Å². The van der Waals surface area contributed by atoms with Gasteiger partial charge in [-0.2, -0.15) is 4.39 Å². The number of halogens is 2. The average Bonchev–Trinajstić information content (AvgIpc) is 3.16. The molecule has 1 amide bonds. The molecule has 1 aliphatic rings. The standard InChI is InChI=1S/C20H19F2N9O2/c1-23-13-7-16(27-31-14(8-24-18(13)31)19(32)26-12-6-10(12)21)25-11-4-3-5-30(20(11)33)15-9-29(2)28-17(15)22/h3-5,7-10,12,23H,6H2,1-2H3,(H,25,27)(H,26,32)/t10-,12+/m0/s1. The molecule has 1 saturated carbocycles. The molecule has 4 aromatic heterocycles. The fraction of sp³-hybridized carbons (Fsp3) is 0.250. The Morgan fingerprint density at radius 2 is 2.06 bits per heavy atom. The molecule has 5 rings (SSSR count). The van der Waals surface area contributed by atoms with Crippen LogP contribution in [0, 0.1) is 5.95 Å². The summed E-state index contributed by atoms with van der Waals surface area (Å²) in [4.78, 5) is 29.8. The largest absolute Gasteiger partial charge is 0.385 e. The number of aryl methyl sites for hydroxylation is 1. The molecule has 3 N–H and O–H groups in total. The molecule has 2 atom stereocenters. The van der Waals surface area contributed by atoms with E-state index < -0.39 is 29.6 Å². The molecule has 0 aromatic carbocycles. The van der Waals surface area contributed by atoms with Gasteiger partial charge in [-0.15, -0.1) is 10.2 Å². The minimum absolute atomic E-state index is 0.00489. The Balaban J connectivity index is 1.52. The lowest BCUT2D eigenvalue weighted by Crippen LogP contribution is -2.28. The summed E-state index contributed by atoms with van der Waals surface area (Å²) in [6, 6.07) is 4.20. The maximum absolute atomic E-state index is 14.1. The first-order valence-electron chi connectivity index (χ1n) is 10.1. The van der Waals surface area contributed by atoms with Gasteiger partial charge in [-0.05, 0) is 12.1 Å². The van der Waals surface area contributed by atoms with Crippen LogP contribution in [0.5, 0.6) is 0 Å². The summed E-state index contributed by atoms with van der Waals surface area (Å²) in [6.07, 6.45) is 3.40. The highest BCUT2D eigenvalue weighted by molar-refractivity contribution is 5.94. The van der Waals surface area contributed by atoms with E-state index in [2.05, 4.69) is 31.1 Å². The van der Waals surface area contributed by atoms with Crippen LogP contribution in [-0.2, 0) is 7.05 Å². The highest BCUT2D eigenvalue weighted by atomic mass is 19.1. The molecule has 0 saturated heterocycles. The molecule has 33 heavy (non-hydrogen) atoms. The number of hydrogen-bond acceptors (Lipinski definition) is 7. The molecular formula is C20H19F2N9O2. The van der Waals surface area contributed by atoms with Crippen LogP contribution in [0.2, 0.25) is 0 Å². The van der Waals surface area contributed by atoms with Crippen LogP contribution in [0.25, 0.3) is 11.3 Å². The Labute approximate surface area is 185 Å². The number of carbonyl (C=O) groups excluding carboxylic acids is 1. The van der Waals surface area contributed by atoms with Crippen LogP contribution >= 0.6 is 0 Å². The fourth-order valence-electron chi connectivity index (χ4n) is 3.45. The zero-order chi connectivity index (χ0) is 23.3. The summed E-state index contributed by atoms with van der Waals surface area (Å²) in [5.74, 6) is -1.06. The number of pyridine rings is 1. The van der Waals surface area contributed by atoms with Crippen molar-refractivity contribution < 1.29 is 13.6 Å². The van der Waals surface area contributed by atoms with Gasteiger partial charge in [0.2, 0.25) is 0 Å². The Hall–Kier alpha value is -4.29. The van der Waals surface area contributed by atoms with E-state index in [-0.39, 0.29) is 29.3 Å². The van der Waals surface area contributed by atoms with Gasteiger partial charge < -0.3 is 16.0 Å². The lowest BCUT2D eigenvalue weighted by Gasteiger charge is -2.11. The molecule has 11 nitrogen and oxygen atoms in total. The summed E-state index contributed by atoms with van der Waals surface area (Å²) in [5.41, 5.74) is 0.639. The molecule has 4 heterocycles. The van der Waals surface area contributed by atoms with Crippen molar-refractivity contribution in [3.05, 3.63) is 58.8 Å². The summed E-state index contributed by atoms with van der Waals surface area (Å²) in [7, 11) is 3.22. The summed E-state index contributed by atoms with van der Waals surface area (Å²) in [5, 5.41) is 16.5. The predicted molar refractivity (Wildman–Crippen MR) is 115 cm³/mol. The maximum Gasteiger partial charge on any atom is 0.278 e. The molecule has 0 aliphatic heterocycles. The fourth-order valence-corrected chi connectivity index (χ4v) is 3.45. The number of nitrogens with zero attached hydrogens (tertiary/aromatic N) is 6. The van der Waals surface area contributed by atoms with Crippen molar-refractivity contribution in [2.75, 3.05) is 17.7 Å². The Morgan fingerprint density at radius 3 is 2.73 bits per heavy atom. The van der Waals surface area contributed by atoms with E-state index in [0.717, 1.165) is 4.57 Å². The van der Waals surface area contributed by atoms with E-state index in [0.29, 0.717) is 11.3 Å². The van der Waals surface area contributed by atoms with Crippen molar-refractivity contribution in [1.82, 2.24) is 34.3 Å². The van der Waals surface area contributed by atoms with Gasteiger partial charge in [-0.1, -0.05) is 0 Å². The monoisotopic (exact) mass is 455 g/mol. The van der Waals surface area contributed by atoms with Gasteiger partial charge in [0, 0.05) is 32.8 Å². The van der Waals surface area contributed by atoms with E-state index in [9.17, 15) is 18.4 Å². The van der Waals surface area contributed by atoms with Gasteiger partial charge in [0.1, 0.15) is 17.5 Å². The van der Waals surface area contributed by atoms with Crippen molar-refractivity contribution in [3.63, 3.8) is 0 Å². The first-order valence-corrected chi connectivity index (χ1v) is 10.1. The molecular weight excluding hydrogens is 436 g/mol. The number of alkyl halides is 1. The van der Waals surface area contributed by atoms with E-state index in [1.807, 2.05) is 0 Å². The molecule has 0 spiro atoms.